The first kappa shape index (κ1) is 27.4. The van der Waals surface area contributed by atoms with Crippen LogP contribution in [0.25, 0.3) is 0 Å². The molecule has 0 spiro atoms. The Balaban J connectivity index is 0.00000385. The summed E-state index contributed by atoms with van der Waals surface area (Å²) in [6.07, 6.45) is 1.48. The van der Waals surface area contributed by atoms with Gasteiger partial charge in [0.05, 0.1) is 26.8 Å². The summed E-state index contributed by atoms with van der Waals surface area (Å²) < 4.78 is 12.3. The molecule has 1 aliphatic heterocycles. The van der Waals surface area contributed by atoms with Gasteiger partial charge in [-0.2, -0.15) is 0 Å². The van der Waals surface area contributed by atoms with Crippen molar-refractivity contribution in [1.82, 2.24) is 4.90 Å². The quantitative estimate of drug-likeness (QED) is 0.443. The number of rotatable bonds is 5. The molecule has 182 valence electrons. The highest BCUT2D eigenvalue weighted by molar-refractivity contribution is 6.88. The molecule has 1 heterocycles. The maximum absolute atomic E-state index is 13.1. The van der Waals surface area contributed by atoms with Gasteiger partial charge in [-0.15, -0.1) is 12.4 Å². The van der Waals surface area contributed by atoms with Crippen molar-refractivity contribution in [2.24, 2.45) is 0 Å². The molecule has 0 N–H and O–H groups in total. The van der Waals surface area contributed by atoms with Crippen molar-refractivity contribution in [2.75, 3.05) is 6.54 Å². The molecule has 2 atom stereocenters. The zero-order valence-electron chi connectivity index (χ0n) is 21.2. The summed E-state index contributed by atoms with van der Waals surface area (Å²) in [6, 6.07) is 16.9. The predicted molar refractivity (Wildman–Crippen MR) is 141 cm³/mol. The van der Waals surface area contributed by atoms with Gasteiger partial charge in [0.2, 0.25) is 0 Å². The summed E-state index contributed by atoms with van der Waals surface area (Å²) in [5.74, 6) is 0. The second-order valence-electron chi connectivity index (χ2n) is 11.0. The van der Waals surface area contributed by atoms with Crippen molar-refractivity contribution >= 4 is 31.8 Å². The van der Waals surface area contributed by atoms with Crippen molar-refractivity contribution in [3.8, 4) is 0 Å². The number of benzene rings is 2. The van der Waals surface area contributed by atoms with Crippen molar-refractivity contribution in [1.29, 1.82) is 0 Å². The second kappa shape index (κ2) is 11.1. The smallest absolute Gasteiger partial charge is 0.410 e. The number of likely N-dealkylation sites (tertiary alicyclic amines) is 1. The lowest BCUT2D eigenvalue weighted by Gasteiger charge is -2.41. The second-order valence-corrected chi connectivity index (χ2v) is 16.1. The number of aryl methyl sites for hydroxylation is 1. The van der Waals surface area contributed by atoms with Gasteiger partial charge >= 0.3 is 6.09 Å². The highest BCUT2D eigenvalue weighted by Crippen LogP contribution is 2.35. The molecular formula is C27H40ClNO3Si. The lowest BCUT2D eigenvalue weighted by atomic mass is 9.92. The summed E-state index contributed by atoms with van der Waals surface area (Å²) in [4.78, 5) is 14.9. The van der Waals surface area contributed by atoms with Crippen LogP contribution in [0, 0.1) is 6.92 Å². The maximum atomic E-state index is 13.1. The van der Waals surface area contributed by atoms with Gasteiger partial charge in [0, 0.05) is 6.54 Å². The van der Waals surface area contributed by atoms with Gasteiger partial charge in [-0.3, -0.25) is 4.90 Å². The number of nitrogens with zero attached hydrogens (tertiary/aromatic N) is 1. The zero-order chi connectivity index (χ0) is 23.5. The first-order valence-corrected chi connectivity index (χ1v) is 15.2. The van der Waals surface area contributed by atoms with Crippen LogP contribution in [0.5, 0.6) is 0 Å². The van der Waals surface area contributed by atoms with Gasteiger partial charge in [0.15, 0.2) is 0 Å². The van der Waals surface area contributed by atoms with E-state index in [-0.39, 0.29) is 30.6 Å². The molecule has 1 aliphatic rings. The van der Waals surface area contributed by atoms with Gasteiger partial charge in [-0.25, -0.2) is 4.79 Å². The molecule has 0 aliphatic carbocycles. The van der Waals surface area contributed by atoms with Crippen LogP contribution in [0.4, 0.5) is 4.79 Å². The lowest BCUT2D eigenvalue weighted by molar-refractivity contribution is -0.0600. The number of ether oxygens (including phenoxy) is 2. The third kappa shape index (κ3) is 7.59. The van der Waals surface area contributed by atoms with Gasteiger partial charge < -0.3 is 9.47 Å². The van der Waals surface area contributed by atoms with Crippen LogP contribution in [0.3, 0.4) is 0 Å². The van der Waals surface area contributed by atoms with Gasteiger partial charge in [-0.1, -0.05) is 78.9 Å². The summed E-state index contributed by atoms with van der Waals surface area (Å²) in [5.41, 5.74) is 3.06. The average Bonchev–Trinajstić information content (AvgIpc) is 2.70. The Bertz CT molecular complexity index is 921. The molecule has 0 aromatic heterocycles. The highest BCUT2D eigenvalue weighted by atomic mass is 35.5. The van der Waals surface area contributed by atoms with E-state index in [1.165, 1.54) is 16.3 Å². The van der Waals surface area contributed by atoms with Crippen LogP contribution < -0.4 is 5.19 Å². The molecule has 3 rings (SSSR count). The van der Waals surface area contributed by atoms with E-state index in [0.717, 1.165) is 18.4 Å². The molecule has 1 amide bonds. The summed E-state index contributed by atoms with van der Waals surface area (Å²) in [6.45, 7) is 16.2. The fourth-order valence-corrected chi connectivity index (χ4v) is 5.57. The number of hydrogen-bond acceptors (Lipinski definition) is 3. The zero-order valence-corrected chi connectivity index (χ0v) is 23.0. The summed E-state index contributed by atoms with van der Waals surface area (Å²) >= 11 is 0. The highest BCUT2D eigenvalue weighted by Gasteiger charge is 2.38. The number of piperidine rings is 1. The number of carbonyl (C=O) groups is 1. The molecule has 0 saturated carbocycles. The van der Waals surface area contributed by atoms with Crippen LogP contribution in [-0.2, 0) is 16.1 Å². The van der Waals surface area contributed by atoms with E-state index < -0.39 is 13.7 Å². The largest absolute Gasteiger partial charge is 0.444 e. The third-order valence-electron chi connectivity index (χ3n) is 5.81. The van der Waals surface area contributed by atoms with E-state index in [9.17, 15) is 4.79 Å². The summed E-state index contributed by atoms with van der Waals surface area (Å²) in [5, 5.41) is 1.45. The molecule has 0 unspecified atom stereocenters. The van der Waals surface area contributed by atoms with Crippen LogP contribution >= 0.6 is 12.4 Å². The Labute approximate surface area is 207 Å². The minimum atomic E-state index is -1.40. The van der Waals surface area contributed by atoms with E-state index in [1.807, 2.05) is 43.9 Å². The lowest BCUT2D eigenvalue weighted by Crippen LogP contribution is -2.47. The number of hydrogen-bond donors (Lipinski definition) is 0. The van der Waals surface area contributed by atoms with Crippen LogP contribution in [0.1, 0.15) is 56.3 Å². The first-order chi connectivity index (χ1) is 14.9. The Hall–Kier alpha value is -1.82. The van der Waals surface area contributed by atoms with Crippen molar-refractivity contribution in [3.63, 3.8) is 0 Å². The predicted octanol–water partition coefficient (Wildman–Crippen LogP) is 6.62. The SMILES string of the molecule is Cc1cc(CO[C@H]2CCCN(C(=O)OC(C)(C)C)[C@H]2c2ccccc2)cc([Si](C)(C)C)c1.Cl. The molecule has 0 radical (unpaired) electrons. The molecule has 0 bridgehead atoms. The molecule has 1 saturated heterocycles. The molecule has 2 aromatic rings. The van der Waals surface area contributed by atoms with E-state index in [2.05, 4.69) is 56.9 Å². The molecule has 2 aromatic carbocycles. The van der Waals surface area contributed by atoms with E-state index in [1.54, 1.807) is 0 Å². The topological polar surface area (TPSA) is 38.8 Å². The van der Waals surface area contributed by atoms with Crippen molar-refractivity contribution in [2.45, 2.75) is 84.5 Å². The van der Waals surface area contributed by atoms with Gasteiger partial charge in [0.1, 0.15) is 5.60 Å². The number of carbonyl (C=O) groups excluding carboxylic acids is 1. The number of halogens is 1. The Morgan fingerprint density at radius 1 is 1.09 bits per heavy atom. The van der Waals surface area contributed by atoms with Crippen molar-refractivity contribution < 1.29 is 14.3 Å². The Kier molecular flexibility index (Phi) is 9.20. The first-order valence-electron chi connectivity index (χ1n) is 11.7. The third-order valence-corrected chi connectivity index (χ3v) is 7.83. The Morgan fingerprint density at radius 3 is 2.36 bits per heavy atom. The van der Waals surface area contributed by atoms with E-state index in [4.69, 9.17) is 9.47 Å². The molecule has 6 heteroatoms. The average molecular weight is 490 g/mol. The molecule has 1 fully saturated rings. The van der Waals surface area contributed by atoms with E-state index in [0.29, 0.717) is 13.2 Å². The van der Waals surface area contributed by atoms with Gasteiger partial charge in [0.25, 0.3) is 0 Å². The minimum absolute atomic E-state index is 0. The maximum Gasteiger partial charge on any atom is 0.410 e. The summed E-state index contributed by atoms with van der Waals surface area (Å²) in [7, 11) is -1.40. The fraction of sp³-hybridized carbons (Fsp3) is 0.519. The van der Waals surface area contributed by atoms with E-state index >= 15 is 0 Å². The fourth-order valence-electron chi connectivity index (χ4n) is 4.29. The molecular weight excluding hydrogens is 450 g/mol. The molecule has 33 heavy (non-hydrogen) atoms. The number of amides is 1. The monoisotopic (exact) mass is 489 g/mol. The standard InChI is InChI=1S/C27H39NO3Si.ClH/c1-20-16-21(18-23(17-20)32(5,6)7)19-30-24-14-11-15-28(26(29)31-27(2,3)4)25(24)22-12-9-8-10-13-22;/h8-10,12-13,16-18,24-25H,11,14-15,19H2,1-7H3;1H/t24-,25-;/m0./s1. The molecule has 4 nitrogen and oxygen atoms in total. The van der Waals surface area contributed by atoms with Gasteiger partial charge in [-0.05, 0) is 51.7 Å². The Morgan fingerprint density at radius 2 is 1.76 bits per heavy atom. The minimum Gasteiger partial charge on any atom is -0.444 e. The van der Waals surface area contributed by atoms with Crippen LogP contribution in [0.15, 0.2) is 48.5 Å². The van der Waals surface area contributed by atoms with Crippen LogP contribution in [-0.4, -0.2) is 37.3 Å². The van der Waals surface area contributed by atoms with Crippen LogP contribution in [0.2, 0.25) is 19.6 Å². The van der Waals surface area contributed by atoms with Crippen molar-refractivity contribution in [3.05, 3.63) is 65.2 Å². The normalized spacial score (nSPS) is 19.1.